The third kappa shape index (κ3) is 4.04. The van der Waals surface area contributed by atoms with Gasteiger partial charge in [0.2, 0.25) is 0 Å². The Kier molecular flexibility index (Phi) is 5.12. The number of anilines is 1. The zero-order chi connectivity index (χ0) is 14.5. The van der Waals surface area contributed by atoms with Gasteiger partial charge in [-0.15, -0.1) is 0 Å². The Morgan fingerprint density at radius 3 is 2.30 bits per heavy atom. The van der Waals surface area contributed by atoms with Crippen molar-refractivity contribution in [3.8, 4) is 0 Å². The van der Waals surface area contributed by atoms with Gasteiger partial charge in [-0.05, 0) is 29.8 Å². The Morgan fingerprint density at radius 2 is 1.65 bits per heavy atom. The van der Waals surface area contributed by atoms with Crippen LogP contribution in [0.15, 0.2) is 42.5 Å². The first-order chi connectivity index (χ1) is 9.56. The number of hydrogen-bond acceptors (Lipinski definition) is 1. The fraction of sp³-hybridized carbons (Fsp3) is 0.0714. The summed E-state index contributed by atoms with van der Waals surface area (Å²) in [6, 6.07) is 11.9. The van der Waals surface area contributed by atoms with E-state index in [4.69, 9.17) is 34.8 Å². The lowest BCUT2D eigenvalue weighted by molar-refractivity contribution is 0.251. The molecule has 0 aliphatic carbocycles. The molecule has 2 aromatic rings. The van der Waals surface area contributed by atoms with Gasteiger partial charge in [0.05, 0.1) is 15.7 Å². The normalized spacial score (nSPS) is 10.2. The Morgan fingerprint density at radius 1 is 1.00 bits per heavy atom. The second-order valence-corrected chi connectivity index (χ2v) is 5.29. The highest BCUT2D eigenvalue weighted by Crippen LogP contribution is 2.29. The van der Waals surface area contributed by atoms with E-state index in [-0.39, 0.29) is 6.03 Å². The molecule has 6 heteroatoms. The monoisotopic (exact) mass is 328 g/mol. The molecule has 0 fully saturated rings. The van der Waals surface area contributed by atoms with Crippen LogP contribution in [0.3, 0.4) is 0 Å². The summed E-state index contributed by atoms with van der Waals surface area (Å²) in [5.74, 6) is 0. The molecule has 20 heavy (non-hydrogen) atoms. The first-order valence-corrected chi connectivity index (χ1v) is 6.93. The summed E-state index contributed by atoms with van der Waals surface area (Å²) in [5.41, 5.74) is 1.29. The number of hydrogen-bond donors (Lipinski definition) is 2. The maximum atomic E-state index is 11.8. The van der Waals surface area contributed by atoms with Crippen LogP contribution in [0.4, 0.5) is 10.5 Å². The van der Waals surface area contributed by atoms with Crippen molar-refractivity contribution >= 4 is 46.5 Å². The summed E-state index contributed by atoms with van der Waals surface area (Å²) in [6.45, 7) is 0.356. The fourth-order valence-electron chi connectivity index (χ4n) is 1.60. The van der Waals surface area contributed by atoms with E-state index in [9.17, 15) is 4.79 Å². The molecule has 0 aliphatic heterocycles. The molecule has 0 atom stereocenters. The number of urea groups is 1. The van der Waals surface area contributed by atoms with Gasteiger partial charge in [-0.1, -0.05) is 53.0 Å². The van der Waals surface area contributed by atoms with Crippen molar-refractivity contribution in [2.75, 3.05) is 5.32 Å². The third-order valence-corrected chi connectivity index (χ3v) is 3.41. The second-order valence-electron chi connectivity index (χ2n) is 4.03. The minimum absolute atomic E-state index is 0.356. The molecule has 0 aliphatic rings. The number of rotatable bonds is 3. The van der Waals surface area contributed by atoms with Crippen LogP contribution in [0.1, 0.15) is 5.56 Å². The molecular formula is C14H11Cl3N2O. The van der Waals surface area contributed by atoms with Crippen molar-refractivity contribution in [2.24, 2.45) is 0 Å². The van der Waals surface area contributed by atoms with Crippen LogP contribution in [0, 0.1) is 0 Å². The number of amides is 2. The maximum Gasteiger partial charge on any atom is 0.319 e. The second kappa shape index (κ2) is 6.84. The average molecular weight is 330 g/mol. The number of carbonyl (C=O) groups excluding carboxylic acids is 1. The summed E-state index contributed by atoms with van der Waals surface area (Å²) in [4.78, 5) is 11.8. The minimum Gasteiger partial charge on any atom is -0.334 e. The molecule has 3 nitrogen and oxygen atoms in total. The number of carbonyl (C=O) groups is 1. The molecule has 0 saturated carbocycles. The highest BCUT2D eigenvalue weighted by Gasteiger charge is 2.09. The number of benzene rings is 2. The van der Waals surface area contributed by atoms with Crippen molar-refractivity contribution in [3.05, 3.63) is 63.1 Å². The molecule has 104 valence electrons. The van der Waals surface area contributed by atoms with Crippen LogP contribution in [0.5, 0.6) is 0 Å². The molecule has 0 heterocycles. The quantitative estimate of drug-likeness (QED) is 0.820. The van der Waals surface area contributed by atoms with Gasteiger partial charge in [0.15, 0.2) is 0 Å². The van der Waals surface area contributed by atoms with Crippen molar-refractivity contribution in [1.29, 1.82) is 0 Å². The molecular weight excluding hydrogens is 319 g/mol. The van der Waals surface area contributed by atoms with E-state index in [2.05, 4.69) is 10.6 Å². The Bertz CT molecular complexity index is 611. The summed E-state index contributed by atoms with van der Waals surface area (Å²) < 4.78 is 0. The number of para-hydroxylation sites is 1. The first-order valence-electron chi connectivity index (χ1n) is 5.79. The molecule has 0 radical (unpaired) electrons. The van der Waals surface area contributed by atoms with Crippen LogP contribution < -0.4 is 10.6 Å². The predicted octanol–water partition coefficient (Wildman–Crippen LogP) is 4.97. The lowest BCUT2D eigenvalue weighted by atomic mass is 10.2. The molecule has 0 aromatic heterocycles. The third-order valence-electron chi connectivity index (χ3n) is 2.54. The van der Waals surface area contributed by atoms with E-state index in [1.54, 1.807) is 30.3 Å². The molecule has 2 aromatic carbocycles. The van der Waals surface area contributed by atoms with E-state index < -0.39 is 0 Å². The Labute approximate surface area is 131 Å². The zero-order valence-electron chi connectivity index (χ0n) is 10.3. The first kappa shape index (κ1) is 15.0. The SMILES string of the molecule is O=C(NCc1cccc(Cl)c1)Nc1c(Cl)cccc1Cl. The van der Waals surface area contributed by atoms with Gasteiger partial charge in [-0.3, -0.25) is 0 Å². The van der Waals surface area contributed by atoms with Crippen molar-refractivity contribution in [3.63, 3.8) is 0 Å². The number of nitrogens with one attached hydrogen (secondary N) is 2. The molecule has 2 N–H and O–H groups in total. The lowest BCUT2D eigenvalue weighted by Gasteiger charge is -2.10. The number of halogens is 3. The Hall–Kier alpha value is -1.42. The van der Waals surface area contributed by atoms with Gasteiger partial charge in [0.1, 0.15) is 0 Å². The lowest BCUT2D eigenvalue weighted by Crippen LogP contribution is -2.28. The van der Waals surface area contributed by atoms with Crippen LogP contribution in [-0.2, 0) is 6.54 Å². The smallest absolute Gasteiger partial charge is 0.319 e. The highest BCUT2D eigenvalue weighted by molar-refractivity contribution is 6.39. The largest absolute Gasteiger partial charge is 0.334 e. The van der Waals surface area contributed by atoms with Crippen molar-refractivity contribution < 1.29 is 4.79 Å². The topological polar surface area (TPSA) is 41.1 Å². The molecule has 0 bridgehead atoms. The van der Waals surface area contributed by atoms with E-state index in [1.165, 1.54) is 0 Å². The van der Waals surface area contributed by atoms with Crippen molar-refractivity contribution in [2.45, 2.75) is 6.54 Å². The van der Waals surface area contributed by atoms with Gasteiger partial charge in [0, 0.05) is 11.6 Å². The molecule has 0 saturated heterocycles. The van der Waals surface area contributed by atoms with E-state index in [1.807, 2.05) is 12.1 Å². The van der Waals surface area contributed by atoms with E-state index in [0.717, 1.165) is 5.56 Å². The van der Waals surface area contributed by atoms with Gasteiger partial charge < -0.3 is 10.6 Å². The van der Waals surface area contributed by atoms with E-state index in [0.29, 0.717) is 27.3 Å². The zero-order valence-corrected chi connectivity index (χ0v) is 12.6. The predicted molar refractivity (Wildman–Crippen MR) is 83.8 cm³/mol. The van der Waals surface area contributed by atoms with Gasteiger partial charge in [-0.25, -0.2) is 4.79 Å². The highest BCUT2D eigenvalue weighted by atomic mass is 35.5. The standard InChI is InChI=1S/C14H11Cl3N2O/c15-10-4-1-3-9(7-10)8-18-14(20)19-13-11(16)5-2-6-12(13)17/h1-7H,8H2,(H2,18,19,20). The summed E-state index contributed by atoms with van der Waals surface area (Å²) in [6.07, 6.45) is 0. The van der Waals surface area contributed by atoms with Crippen LogP contribution >= 0.6 is 34.8 Å². The molecule has 0 spiro atoms. The van der Waals surface area contributed by atoms with Gasteiger partial charge in [0.25, 0.3) is 0 Å². The molecule has 2 rings (SSSR count). The minimum atomic E-state index is -0.389. The van der Waals surface area contributed by atoms with Crippen LogP contribution in [-0.4, -0.2) is 6.03 Å². The van der Waals surface area contributed by atoms with Crippen molar-refractivity contribution in [1.82, 2.24) is 5.32 Å². The average Bonchev–Trinajstić information content (AvgIpc) is 2.41. The van der Waals surface area contributed by atoms with Gasteiger partial charge in [-0.2, -0.15) is 0 Å². The summed E-state index contributed by atoms with van der Waals surface area (Å²) in [7, 11) is 0. The van der Waals surface area contributed by atoms with E-state index >= 15 is 0 Å². The molecule has 2 amide bonds. The summed E-state index contributed by atoms with van der Waals surface area (Å²) >= 11 is 17.8. The van der Waals surface area contributed by atoms with Crippen LogP contribution in [0.25, 0.3) is 0 Å². The Balaban J connectivity index is 1.96. The summed E-state index contributed by atoms with van der Waals surface area (Å²) in [5, 5.41) is 6.71. The van der Waals surface area contributed by atoms with Gasteiger partial charge >= 0.3 is 6.03 Å². The fourth-order valence-corrected chi connectivity index (χ4v) is 2.31. The molecule has 0 unspecified atom stereocenters. The maximum absolute atomic E-state index is 11.8. The van der Waals surface area contributed by atoms with Crippen LogP contribution in [0.2, 0.25) is 15.1 Å².